The average molecular weight is 281 g/mol. The summed E-state index contributed by atoms with van der Waals surface area (Å²) in [6.45, 7) is 0. The topological polar surface area (TPSA) is 125 Å². The molecule has 0 aromatic carbocycles. The molecule has 1 atom stereocenters. The Kier molecular flexibility index (Phi) is 3.22. The summed E-state index contributed by atoms with van der Waals surface area (Å²) >= 11 is 0. The number of aromatic nitrogens is 4. The molecule has 2 aromatic rings. The van der Waals surface area contributed by atoms with Crippen molar-refractivity contribution in [3.63, 3.8) is 0 Å². The molecule has 2 rings (SSSR count). The fourth-order valence-electron chi connectivity index (χ4n) is 2.03. The molecule has 0 bridgehead atoms. The third-order valence-corrected chi connectivity index (χ3v) is 3.29. The van der Waals surface area contributed by atoms with E-state index in [1.807, 2.05) is 0 Å². The van der Waals surface area contributed by atoms with Gasteiger partial charge in [0.2, 0.25) is 0 Å². The van der Waals surface area contributed by atoms with Gasteiger partial charge in [0.25, 0.3) is 5.56 Å². The smallest absolute Gasteiger partial charge is 0.332 e. The van der Waals surface area contributed by atoms with Crippen molar-refractivity contribution in [3.8, 4) is 0 Å². The van der Waals surface area contributed by atoms with Gasteiger partial charge in [0.15, 0.2) is 11.2 Å². The van der Waals surface area contributed by atoms with Gasteiger partial charge in [-0.2, -0.15) is 0 Å². The van der Waals surface area contributed by atoms with Gasteiger partial charge in [-0.1, -0.05) is 0 Å². The zero-order valence-electron chi connectivity index (χ0n) is 11.3. The number of hydrogen-bond acceptors (Lipinski definition) is 5. The maximum absolute atomic E-state index is 12.1. The van der Waals surface area contributed by atoms with Crippen LogP contribution in [0.25, 0.3) is 11.2 Å². The van der Waals surface area contributed by atoms with Crippen molar-refractivity contribution in [1.82, 2.24) is 18.7 Å². The number of nitrogens with zero attached hydrogens (tertiary/aromatic N) is 4. The van der Waals surface area contributed by atoms with Crippen LogP contribution >= 0.6 is 0 Å². The minimum Gasteiger partial charge on any atom is -0.480 e. The molecule has 0 radical (unpaired) electrons. The highest BCUT2D eigenvalue weighted by atomic mass is 16.4. The number of carbonyl (C=O) groups is 1. The van der Waals surface area contributed by atoms with Crippen molar-refractivity contribution >= 4 is 17.1 Å². The molecule has 3 N–H and O–H groups in total. The Morgan fingerprint density at radius 2 is 1.85 bits per heavy atom. The average Bonchev–Trinajstić information content (AvgIpc) is 2.71. The Balaban J connectivity index is 2.74. The molecule has 0 fully saturated rings. The summed E-state index contributed by atoms with van der Waals surface area (Å²) in [6, 6.07) is -1.12. The van der Waals surface area contributed by atoms with Gasteiger partial charge in [0.1, 0.15) is 11.9 Å². The summed E-state index contributed by atoms with van der Waals surface area (Å²) in [4.78, 5) is 38.9. The van der Waals surface area contributed by atoms with Crippen molar-refractivity contribution in [2.45, 2.75) is 12.5 Å². The SMILES string of the molecule is Cn1c(=O)c2c(nc(CC(N)C(=O)O)n2C)n(C)c1=O. The predicted octanol–water partition coefficient (Wildman–Crippen LogP) is -2.07. The molecular weight excluding hydrogens is 266 g/mol. The van der Waals surface area contributed by atoms with E-state index < -0.39 is 23.3 Å². The monoisotopic (exact) mass is 281 g/mol. The van der Waals surface area contributed by atoms with Crippen molar-refractivity contribution < 1.29 is 9.90 Å². The molecule has 2 aromatic heterocycles. The maximum Gasteiger partial charge on any atom is 0.332 e. The van der Waals surface area contributed by atoms with E-state index in [0.29, 0.717) is 5.82 Å². The number of carboxylic acids is 1. The lowest BCUT2D eigenvalue weighted by Gasteiger charge is -2.06. The van der Waals surface area contributed by atoms with E-state index in [0.717, 1.165) is 4.57 Å². The van der Waals surface area contributed by atoms with Crippen LogP contribution < -0.4 is 17.0 Å². The standard InChI is InChI=1S/C11H15N5O4/c1-14-6(4-5(12)10(18)19)13-8-7(14)9(17)16(3)11(20)15(8)2/h5H,4,12H2,1-3H3,(H,18,19). The van der Waals surface area contributed by atoms with Crippen LogP contribution in [0.5, 0.6) is 0 Å². The van der Waals surface area contributed by atoms with Gasteiger partial charge < -0.3 is 15.4 Å². The zero-order valence-corrected chi connectivity index (χ0v) is 11.3. The first-order valence-electron chi connectivity index (χ1n) is 5.85. The third-order valence-electron chi connectivity index (χ3n) is 3.29. The molecule has 9 nitrogen and oxygen atoms in total. The Morgan fingerprint density at radius 3 is 2.40 bits per heavy atom. The molecule has 0 aliphatic rings. The van der Waals surface area contributed by atoms with Gasteiger partial charge in [0.05, 0.1) is 0 Å². The highest BCUT2D eigenvalue weighted by Crippen LogP contribution is 2.10. The molecule has 0 aliphatic carbocycles. The van der Waals surface area contributed by atoms with Gasteiger partial charge >= 0.3 is 11.7 Å². The first-order valence-corrected chi connectivity index (χ1v) is 5.85. The van der Waals surface area contributed by atoms with Crippen LogP contribution in [0, 0.1) is 0 Å². The Morgan fingerprint density at radius 1 is 1.25 bits per heavy atom. The van der Waals surface area contributed by atoms with Crippen molar-refractivity contribution in [2.75, 3.05) is 0 Å². The van der Waals surface area contributed by atoms with Crippen molar-refractivity contribution in [2.24, 2.45) is 26.9 Å². The first-order chi connectivity index (χ1) is 9.25. The summed E-state index contributed by atoms with van der Waals surface area (Å²) in [5.74, 6) is -0.813. The molecule has 0 spiro atoms. The van der Waals surface area contributed by atoms with Gasteiger partial charge in [-0.05, 0) is 0 Å². The minimum absolute atomic E-state index is 0.0299. The lowest BCUT2D eigenvalue weighted by Crippen LogP contribution is -2.37. The molecule has 0 saturated heterocycles. The first kappa shape index (κ1) is 14.0. The summed E-state index contributed by atoms with van der Waals surface area (Å²) in [5, 5.41) is 8.82. The Bertz CT molecular complexity index is 813. The predicted molar refractivity (Wildman–Crippen MR) is 70.5 cm³/mol. The summed E-state index contributed by atoms with van der Waals surface area (Å²) in [5.41, 5.74) is 4.95. The van der Waals surface area contributed by atoms with E-state index in [4.69, 9.17) is 10.8 Å². The Hall–Kier alpha value is -2.42. The second-order valence-electron chi connectivity index (χ2n) is 4.61. The number of rotatable bonds is 3. The van der Waals surface area contributed by atoms with Gasteiger partial charge in [-0.3, -0.25) is 18.7 Å². The van der Waals surface area contributed by atoms with Crippen molar-refractivity contribution in [3.05, 3.63) is 26.7 Å². The molecule has 20 heavy (non-hydrogen) atoms. The number of fused-ring (bicyclic) bond motifs is 1. The highest BCUT2D eigenvalue weighted by molar-refractivity contribution is 5.74. The van der Waals surface area contributed by atoms with Crippen LogP contribution in [0.2, 0.25) is 0 Å². The van der Waals surface area contributed by atoms with E-state index in [1.54, 1.807) is 7.05 Å². The number of aliphatic carboxylic acids is 1. The molecular formula is C11H15N5O4. The van der Waals surface area contributed by atoms with Crippen LogP contribution in [-0.4, -0.2) is 35.8 Å². The van der Waals surface area contributed by atoms with E-state index in [1.165, 1.54) is 23.2 Å². The highest BCUT2D eigenvalue weighted by Gasteiger charge is 2.20. The summed E-state index contributed by atoms with van der Waals surface area (Å²) in [6.07, 6.45) is -0.0299. The number of carboxylic acid groups (broad SMARTS) is 1. The fraction of sp³-hybridized carbons (Fsp3) is 0.455. The lowest BCUT2D eigenvalue weighted by molar-refractivity contribution is -0.138. The normalized spacial score (nSPS) is 12.8. The number of nitrogens with two attached hydrogens (primary N) is 1. The summed E-state index contributed by atoms with van der Waals surface area (Å²) in [7, 11) is 4.46. The fourth-order valence-corrected chi connectivity index (χ4v) is 2.03. The van der Waals surface area contributed by atoms with Crippen molar-refractivity contribution in [1.29, 1.82) is 0 Å². The van der Waals surface area contributed by atoms with E-state index in [9.17, 15) is 14.4 Å². The molecule has 108 valence electrons. The van der Waals surface area contributed by atoms with E-state index in [-0.39, 0.29) is 17.6 Å². The van der Waals surface area contributed by atoms with Crippen LogP contribution in [0.1, 0.15) is 5.82 Å². The van der Waals surface area contributed by atoms with Gasteiger partial charge in [0, 0.05) is 27.6 Å². The van der Waals surface area contributed by atoms with E-state index in [2.05, 4.69) is 4.98 Å². The molecule has 2 heterocycles. The molecule has 0 saturated carbocycles. The lowest BCUT2D eigenvalue weighted by atomic mass is 10.2. The zero-order chi connectivity index (χ0) is 15.2. The van der Waals surface area contributed by atoms with Crippen LogP contribution in [0.4, 0.5) is 0 Å². The van der Waals surface area contributed by atoms with Gasteiger partial charge in [-0.15, -0.1) is 0 Å². The summed E-state index contributed by atoms with van der Waals surface area (Å²) < 4.78 is 3.69. The third kappa shape index (κ3) is 1.92. The second-order valence-corrected chi connectivity index (χ2v) is 4.61. The van der Waals surface area contributed by atoms with Gasteiger partial charge in [-0.25, -0.2) is 9.78 Å². The van der Waals surface area contributed by atoms with Crippen LogP contribution in [0.3, 0.4) is 0 Å². The van der Waals surface area contributed by atoms with Crippen LogP contribution in [0.15, 0.2) is 9.59 Å². The Labute approximate surface area is 112 Å². The maximum atomic E-state index is 12.1. The van der Waals surface area contributed by atoms with Crippen LogP contribution in [-0.2, 0) is 32.4 Å². The largest absolute Gasteiger partial charge is 0.480 e. The number of imidazole rings is 1. The molecule has 9 heteroatoms. The molecule has 1 unspecified atom stereocenters. The number of aryl methyl sites for hydroxylation is 2. The second kappa shape index (κ2) is 4.60. The minimum atomic E-state index is -1.15. The van der Waals surface area contributed by atoms with E-state index >= 15 is 0 Å². The quantitative estimate of drug-likeness (QED) is 0.665. The number of hydrogen-bond donors (Lipinski definition) is 2. The molecule has 0 aliphatic heterocycles. The molecule has 0 amide bonds.